The lowest BCUT2D eigenvalue weighted by atomic mass is 10.0. The highest BCUT2D eigenvalue weighted by Gasteiger charge is 2.33. The number of aromatic carboxylic acids is 1. The van der Waals surface area contributed by atoms with Crippen molar-refractivity contribution in [1.82, 2.24) is 14.8 Å². The zero-order valence-corrected chi connectivity index (χ0v) is 25.3. The van der Waals surface area contributed by atoms with E-state index < -0.39 is 53.1 Å². The van der Waals surface area contributed by atoms with Crippen LogP contribution < -0.4 is 20.4 Å². The molecular formula is C30H38F2N4O7. The summed E-state index contributed by atoms with van der Waals surface area (Å²) < 4.78 is 42.8. The number of carbonyl (C=O) groups is 3. The molecule has 2 aromatic rings. The number of carboxylic acid groups (broad SMARTS) is 1. The van der Waals surface area contributed by atoms with Crippen molar-refractivity contribution >= 4 is 34.6 Å². The molecule has 2 heterocycles. The predicted molar refractivity (Wildman–Crippen MR) is 156 cm³/mol. The Balaban J connectivity index is 1.68. The van der Waals surface area contributed by atoms with Crippen molar-refractivity contribution < 1.29 is 37.7 Å². The number of allylic oxidation sites excluding steroid dienone is 1. The molecule has 1 aliphatic heterocycles. The number of carbonyl (C=O) groups excluding carboxylic acids is 2. The highest BCUT2D eigenvalue weighted by molar-refractivity contribution is 5.97. The average Bonchev–Trinajstić information content (AvgIpc) is 3.79. The number of benzene rings is 1. The number of likely N-dealkylation sites (N-methyl/N-ethyl adjacent to an activating group) is 1. The van der Waals surface area contributed by atoms with Crippen LogP contribution in [0.1, 0.15) is 69.8 Å². The van der Waals surface area contributed by atoms with Crippen molar-refractivity contribution in [2.45, 2.75) is 71.1 Å². The van der Waals surface area contributed by atoms with E-state index in [0.29, 0.717) is 30.5 Å². The summed E-state index contributed by atoms with van der Waals surface area (Å²) in [7, 11) is 2.76. The van der Waals surface area contributed by atoms with Gasteiger partial charge in [0.05, 0.1) is 18.0 Å². The number of amides is 2. The van der Waals surface area contributed by atoms with E-state index in [4.69, 9.17) is 9.47 Å². The topological polar surface area (TPSA) is 130 Å². The van der Waals surface area contributed by atoms with Gasteiger partial charge in [-0.2, -0.15) is 0 Å². The van der Waals surface area contributed by atoms with Gasteiger partial charge >= 0.3 is 12.1 Å². The molecule has 1 saturated heterocycles. The van der Waals surface area contributed by atoms with Crippen LogP contribution in [0.2, 0.25) is 0 Å². The molecule has 0 radical (unpaired) electrons. The van der Waals surface area contributed by atoms with Gasteiger partial charge in [0.2, 0.25) is 11.3 Å². The summed E-state index contributed by atoms with van der Waals surface area (Å²) in [6, 6.07) is 0.00848. The average molecular weight is 605 g/mol. The first-order chi connectivity index (χ1) is 20.2. The number of fused-ring (bicyclic) bond motifs is 1. The Hall–Kier alpha value is -4.16. The summed E-state index contributed by atoms with van der Waals surface area (Å²) in [5.74, 6) is -2.72. The standard InChI is InChI=1S/C30H38F2N4O7/c1-16(34(5)29(41)43-30(2,3)4)27(38)33-22(13-31)17-8-7-11-35(14-17)24-21(32)12-19-23(26(24)42-6)36(18-9-10-18)15-20(25(19)37)28(39)40/h12,15-16,18H,7-11,13-14H2,1-6H3,(H,33,38)(H,39,40). The van der Waals surface area contributed by atoms with Gasteiger partial charge in [-0.15, -0.1) is 0 Å². The van der Waals surface area contributed by atoms with Crippen molar-refractivity contribution in [3.05, 3.63) is 45.1 Å². The Bertz CT molecular complexity index is 1540. The van der Waals surface area contributed by atoms with Crippen molar-refractivity contribution in [2.75, 3.05) is 38.8 Å². The minimum Gasteiger partial charge on any atom is -0.492 e. The Morgan fingerprint density at radius 3 is 2.49 bits per heavy atom. The number of anilines is 1. The molecule has 2 N–H and O–H groups in total. The first-order valence-electron chi connectivity index (χ1n) is 14.2. The number of hydrogen-bond donors (Lipinski definition) is 2. The third-order valence-corrected chi connectivity index (χ3v) is 7.65. The van der Waals surface area contributed by atoms with Crippen LogP contribution in [0.15, 0.2) is 28.3 Å². The molecule has 1 aliphatic carbocycles. The molecule has 11 nitrogen and oxygen atoms in total. The number of piperidine rings is 1. The molecule has 2 fully saturated rings. The van der Waals surface area contributed by atoms with E-state index in [1.165, 1.54) is 27.3 Å². The number of carboxylic acids is 1. The number of ether oxygens (including phenoxy) is 2. The second-order valence-electron chi connectivity index (χ2n) is 11.9. The van der Waals surface area contributed by atoms with E-state index in [-0.39, 0.29) is 35.1 Å². The summed E-state index contributed by atoms with van der Waals surface area (Å²) in [6.45, 7) is 6.07. The highest BCUT2D eigenvalue weighted by atomic mass is 19.1. The fourth-order valence-electron chi connectivity index (χ4n) is 5.17. The van der Waals surface area contributed by atoms with E-state index in [9.17, 15) is 28.7 Å². The van der Waals surface area contributed by atoms with Crippen LogP contribution in [0.25, 0.3) is 10.9 Å². The number of rotatable bonds is 8. The van der Waals surface area contributed by atoms with Gasteiger partial charge < -0.3 is 29.4 Å². The Morgan fingerprint density at radius 1 is 1.26 bits per heavy atom. The maximum Gasteiger partial charge on any atom is 0.410 e. The quantitative estimate of drug-likeness (QED) is 0.454. The summed E-state index contributed by atoms with van der Waals surface area (Å²) >= 11 is 0. The van der Waals surface area contributed by atoms with Crippen LogP contribution in [0.3, 0.4) is 0 Å². The van der Waals surface area contributed by atoms with Gasteiger partial charge in [-0.05, 0) is 65.0 Å². The zero-order valence-electron chi connectivity index (χ0n) is 25.3. The van der Waals surface area contributed by atoms with E-state index >= 15 is 4.39 Å². The Morgan fingerprint density at radius 2 is 1.93 bits per heavy atom. The third kappa shape index (κ3) is 6.60. The largest absolute Gasteiger partial charge is 0.492 e. The van der Waals surface area contributed by atoms with Crippen LogP contribution >= 0.6 is 0 Å². The number of methoxy groups -OCH3 is 1. The number of pyridine rings is 1. The molecule has 4 rings (SSSR count). The summed E-state index contributed by atoms with van der Waals surface area (Å²) in [5.41, 5.74) is -1.10. The molecule has 1 aromatic carbocycles. The minimum absolute atomic E-state index is 0.0280. The van der Waals surface area contributed by atoms with Gasteiger partial charge in [0.1, 0.15) is 29.6 Å². The van der Waals surface area contributed by atoms with Crippen LogP contribution in [0.4, 0.5) is 19.3 Å². The summed E-state index contributed by atoms with van der Waals surface area (Å²) in [6.07, 6.45) is 3.07. The number of nitrogens with zero attached hydrogens (tertiary/aromatic N) is 3. The van der Waals surface area contributed by atoms with Gasteiger partial charge in [0.25, 0.3) is 0 Å². The molecule has 13 heteroatoms. The molecule has 0 spiro atoms. The smallest absolute Gasteiger partial charge is 0.410 e. The van der Waals surface area contributed by atoms with Crippen molar-refractivity contribution in [3.63, 3.8) is 0 Å². The molecule has 1 atom stereocenters. The highest BCUT2D eigenvalue weighted by Crippen LogP contribution is 2.44. The van der Waals surface area contributed by atoms with E-state index in [1.54, 1.807) is 30.2 Å². The van der Waals surface area contributed by atoms with E-state index in [0.717, 1.165) is 23.8 Å². The van der Waals surface area contributed by atoms with Crippen molar-refractivity contribution in [1.29, 1.82) is 0 Å². The molecule has 234 valence electrons. The summed E-state index contributed by atoms with van der Waals surface area (Å²) in [5, 5.41) is 12.1. The fourth-order valence-corrected chi connectivity index (χ4v) is 5.17. The maximum atomic E-state index is 15.8. The van der Waals surface area contributed by atoms with Crippen LogP contribution in [0, 0.1) is 5.82 Å². The Kier molecular flexibility index (Phi) is 9.02. The van der Waals surface area contributed by atoms with Gasteiger partial charge in [0.15, 0.2) is 11.6 Å². The zero-order chi connectivity index (χ0) is 31.8. The van der Waals surface area contributed by atoms with E-state index in [1.807, 2.05) is 0 Å². The maximum absolute atomic E-state index is 15.8. The monoisotopic (exact) mass is 604 g/mol. The summed E-state index contributed by atoms with van der Waals surface area (Å²) in [4.78, 5) is 53.0. The fraction of sp³-hybridized carbons (Fsp3) is 0.533. The van der Waals surface area contributed by atoms with Crippen LogP contribution in [-0.4, -0.2) is 78.1 Å². The minimum atomic E-state index is -1.40. The molecule has 1 aromatic heterocycles. The van der Waals surface area contributed by atoms with Gasteiger partial charge in [-0.25, -0.2) is 18.4 Å². The van der Waals surface area contributed by atoms with Crippen LogP contribution in [0.5, 0.6) is 5.75 Å². The van der Waals surface area contributed by atoms with Crippen molar-refractivity contribution in [2.24, 2.45) is 0 Å². The number of aromatic nitrogens is 1. The number of nitrogens with one attached hydrogen (secondary N) is 1. The lowest BCUT2D eigenvalue weighted by Gasteiger charge is -2.34. The number of alkyl halides is 1. The predicted octanol–water partition coefficient (Wildman–Crippen LogP) is 4.38. The second kappa shape index (κ2) is 12.2. The third-order valence-electron chi connectivity index (χ3n) is 7.65. The Labute approximate surface area is 248 Å². The second-order valence-corrected chi connectivity index (χ2v) is 11.9. The molecule has 0 bridgehead atoms. The molecule has 2 amide bonds. The number of hydrogen-bond acceptors (Lipinski definition) is 7. The molecular weight excluding hydrogens is 566 g/mol. The molecule has 2 aliphatic rings. The lowest BCUT2D eigenvalue weighted by molar-refractivity contribution is -0.124. The molecule has 43 heavy (non-hydrogen) atoms. The van der Waals surface area contributed by atoms with Crippen LogP contribution in [-0.2, 0) is 9.53 Å². The first-order valence-corrected chi connectivity index (χ1v) is 14.2. The van der Waals surface area contributed by atoms with Gasteiger partial charge in [-0.3, -0.25) is 14.5 Å². The SMILES string of the molecule is COc1c(N2CCCC(=C(CF)NC(=O)C(C)N(C)C(=O)OC(C)(C)C)C2)c(F)cc2c(=O)c(C(=O)O)cn(C3CC3)c12. The lowest BCUT2D eigenvalue weighted by Crippen LogP contribution is -2.48. The van der Waals surface area contributed by atoms with E-state index in [2.05, 4.69) is 5.32 Å². The van der Waals surface area contributed by atoms with Gasteiger partial charge in [-0.1, -0.05) is 0 Å². The molecule has 1 unspecified atom stereocenters. The first kappa shape index (κ1) is 31.8. The van der Waals surface area contributed by atoms with Crippen molar-refractivity contribution in [3.8, 4) is 5.75 Å². The number of halogens is 2. The van der Waals surface area contributed by atoms with Gasteiger partial charge in [0, 0.05) is 38.1 Å². The molecule has 1 saturated carbocycles. The normalized spacial score (nSPS) is 17.3.